The SMILES string of the molecule is [13CH3][13C](=O)C1=NCCC1. The van der Waals surface area contributed by atoms with Gasteiger partial charge in [-0.1, -0.05) is 0 Å². The molecular formula is C6H9NO. The lowest BCUT2D eigenvalue weighted by molar-refractivity contribution is -0.111. The first-order valence-corrected chi connectivity index (χ1v) is 2.85. The van der Waals surface area contributed by atoms with Gasteiger partial charge in [-0.2, -0.15) is 0 Å². The Kier molecular flexibility index (Phi) is 1.42. The van der Waals surface area contributed by atoms with Gasteiger partial charge in [0.2, 0.25) is 0 Å². The van der Waals surface area contributed by atoms with Gasteiger partial charge in [-0.15, -0.1) is 0 Å². The zero-order valence-corrected chi connectivity index (χ0v) is 4.98. The Hall–Kier alpha value is -0.660. The predicted molar refractivity (Wildman–Crippen MR) is 32.2 cm³/mol. The normalized spacial score (nSPS) is 18.4. The fourth-order valence-corrected chi connectivity index (χ4v) is 0.827. The topological polar surface area (TPSA) is 29.4 Å². The minimum Gasteiger partial charge on any atom is -0.293 e. The standard InChI is InChI=1S/C6H9NO/c1-5(8)6-3-2-4-7-6/h2-4H2,1H3/i1+1,5+1. The first-order chi connectivity index (χ1) is 3.80. The first kappa shape index (κ1) is 5.48. The van der Waals surface area contributed by atoms with Crippen LogP contribution in [0.25, 0.3) is 0 Å². The van der Waals surface area contributed by atoms with Crippen molar-refractivity contribution in [2.24, 2.45) is 4.99 Å². The largest absolute Gasteiger partial charge is 0.293 e. The van der Waals surface area contributed by atoms with Gasteiger partial charge < -0.3 is 0 Å². The highest BCUT2D eigenvalue weighted by atomic mass is 16.2. The number of aliphatic imine (C=N–C) groups is 1. The average molecular weight is 113 g/mol. The number of carbonyl (C=O) groups excluding carboxylic acids is 1. The molecule has 0 aromatic rings. The fraction of sp³-hybridized carbons (Fsp3) is 0.667. The third kappa shape index (κ3) is 0.941. The second kappa shape index (κ2) is 2.07. The number of nitrogens with zero attached hydrogens (tertiary/aromatic N) is 1. The van der Waals surface area contributed by atoms with E-state index in [1.54, 1.807) is 6.92 Å². The van der Waals surface area contributed by atoms with E-state index < -0.39 is 0 Å². The predicted octanol–water partition coefficient (Wildman–Crippen LogP) is 0.810. The van der Waals surface area contributed by atoms with Crippen LogP contribution in [-0.2, 0) is 4.79 Å². The Morgan fingerprint density at radius 1 is 1.75 bits per heavy atom. The van der Waals surface area contributed by atoms with Gasteiger partial charge in [0.05, 0.1) is 5.71 Å². The van der Waals surface area contributed by atoms with Crippen LogP contribution in [0.3, 0.4) is 0 Å². The monoisotopic (exact) mass is 113 g/mol. The quantitative estimate of drug-likeness (QED) is 0.463. The summed E-state index contributed by atoms with van der Waals surface area (Å²) in [4.78, 5) is 14.5. The van der Waals surface area contributed by atoms with Crippen molar-refractivity contribution >= 4 is 11.5 Å². The fourth-order valence-electron chi connectivity index (χ4n) is 0.827. The van der Waals surface area contributed by atoms with Crippen LogP contribution in [0.2, 0.25) is 0 Å². The molecule has 2 heteroatoms. The van der Waals surface area contributed by atoms with E-state index in [-0.39, 0.29) is 5.78 Å². The number of ketones is 1. The Balaban J connectivity index is 2.57. The molecule has 0 unspecified atom stereocenters. The van der Waals surface area contributed by atoms with Crippen molar-refractivity contribution in [3.05, 3.63) is 0 Å². The maximum Gasteiger partial charge on any atom is 0.173 e. The maximum absolute atomic E-state index is 10.5. The molecule has 1 rings (SSSR count). The molecule has 8 heavy (non-hydrogen) atoms. The first-order valence-electron chi connectivity index (χ1n) is 2.85. The highest BCUT2D eigenvalue weighted by molar-refractivity contribution is 6.39. The zero-order valence-electron chi connectivity index (χ0n) is 4.98. The second-order valence-corrected chi connectivity index (χ2v) is 1.99. The molecule has 0 atom stereocenters. The minimum atomic E-state index is 0.141. The lowest BCUT2D eigenvalue weighted by atomic mass is 10.3. The van der Waals surface area contributed by atoms with Crippen LogP contribution < -0.4 is 0 Å². The highest BCUT2D eigenvalue weighted by Crippen LogP contribution is 2.03. The number of hydrogen-bond donors (Lipinski definition) is 0. The zero-order chi connectivity index (χ0) is 5.98. The number of carbonyl (C=O) groups is 1. The van der Waals surface area contributed by atoms with E-state index in [1.165, 1.54) is 0 Å². The molecule has 2 nitrogen and oxygen atoms in total. The van der Waals surface area contributed by atoms with Gasteiger partial charge >= 0.3 is 0 Å². The highest BCUT2D eigenvalue weighted by Gasteiger charge is 2.08. The Morgan fingerprint density at radius 3 is 2.75 bits per heavy atom. The second-order valence-electron chi connectivity index (χ2n) is 1.99. The van der Waals surface area contributed by atoms with Crippen molar-refractivity contribution < 1.29 is 4.79 Å². The molecule has 0 saturated carbocycles. The summed E-state index contributed by atoms with van der Waals surface area (Å²) in [6.45, 7) is 2.43. The lowest BCUT2D eigenvalue weighted by Gasteiger charge is -1.86. The van der Waals surface area contributed by atoms with Crippen LogP contribution >= 0.6 is 0 Å². The number of rotatable bonds is 1. The lowest BCUT2D eigenvalue weighted by Crippen LogP contribution is -2.04. The van der Waals surface area contributed by atoms with Gasteiger partial charge in [-0.05, 0) is 12.8 Å². The molecular weight excluding hydrogens is 104 g/mol. The van der Waals surface area contributed by atoms with E-state index in [0.29, 0.717) is 0 Å². The summed E-state index contributed by atoms with van der Waals surface area (Å²) < 4.78 is 0. The van der Waals surface area contributed by atoms with Crippen molar-refractivity contribution in [2.75, 3.05) is 6.54 Å². The molecule has 1 aliphatic heterocycles. The smallest absolute Gasteiger partial charge is 0.173 e. The summed E-state index contributed by atoms with van der Waals surface area (Å²) >= 11 is 0. The van der Waals surface area contributed by atoms with Crippen molar-refractivity contribution in [2.45, 2.75) is 19.8 Å². The van der Waals surface area contributed by atoms with E-state index in [9.17, 15) is 4.79 Å². The van der Waals surface area contributed by atoms with Gasteiger partial charge in [0, 0.05) is 13.5 Å². The molecule has 0 N–H and O–H groups in total. The van der Waals surface area contributed by atoms with Gasteiger partial charge in [-0.3, -0.25) is 9.79 Å². The molecule has 1 heterocycles. The summed E-state index contributed by atoms with van der Waals surface area (Å²) in [5, 5.41) is 0. The average Bonchev–Trinajstić information content (AvgIpc) is 2.12. The van der Waals surface area contributed by atoms with Crippen LogP contribution in [0.5, 0.6) is 0 Å². The van der Waals surface area contributed by atoms with Crippen molar-refractivity contribution in [1.82, 2.24) is 0 Å². The summed E-state index contributed by atoms with van der Waals surface area (Å²) in [5.41, 5.74) is 0.782. The van der Waals surface area contributed by atoms with E-state index >= 15 is 0 Å². The van der Waals surface area contributed by atoms with Crippen molar-refractivity contribution in [3.63, 3.8) is 0 Å². The van der Waals surface area contributed by atoms with Crippen molar-refractivity contribution in [1.29, 1.82) is 0 Å². The molecule has 0 saturated heterocycles. The molecule has 0 bridgehead atoms. The van der Waals surface area contributed by atoms with Gasteiger partial charge in [0.1, 0.15) is 0 Å². The number of Topliss-reactive ketones (excluding diaryl/α,β-unsaturated/α-hetero) is 1. The molecule has 0 aromatic heterocycles. The molecule has 0 amide bonds. The van der Waals surface area contributed by atoms with Gasteiger partial charge in [-0.25, -0.2) is 0 Å². The van der Waals surface area contributed by atoms with E-state index in [1.807, 2.05) is 0 Å². The molecule has 1 aliphatic rings. The van der Waals surface area contributed by atoms with Gasteiger partial charge in [0.15, 0.2) is 5.78 Å². The summed E-state index contributed by atoms with van der Waals surface area (Å²) in [5.74, 6) is 0.141. The van der Waals surface area contributed by atoms with Crippen LogP contribution in [0.4, 0.5) is 0 Å². The van der Waals surface area contributed by atoms with Crippen LogP contribution in [-0.4, -0.2) is 18.0 Å². The maximum atomic E-state index is 10.5. The van der Waals surface area contributed by atoms with E-state index in [4.69, 9.17) is 0 Å². The van der Waals surface area contributed by atoms with Crippen molar-refractivity contribution in [3.8, 4) is 0 Å². The molecule has 0 radical (unpaired) electrons. The van der Waals surface area contributed by atoms with Crippen LogP contribution in [0, 0.1) is 0 Å². The van der Waals surface area contributed by atoms with Crippen LogP contribution in [0.1, 0.15) is 19.8 Å². The minimum absolute atomic E-state index is 0.141. The van der Waals surface area contributed by atoms with Crippen LogP contribution in [0.15, 0.2) is 4.99 Å². The third-order valence-corrected chi connectivity index (χ3v) is 1.28. The molecule has 0 aliphatic carbocycles. The Bertz CT molecular complexity index is 137. The Labute approximate surface area is 48.6 Å². The molecule has 0 aromatic carbocycles. The summed E-state index contributed by atoms with van der Waals surface area (Å²) in [7, 11) is 0. The molecule has 0 fully saturated rings. The summed E-state index contributed by atoms with van der Waals surface area (Å²) in [6, 6.07) is 0. The third-order valence-electron chi connectivity index (χ3n) is 1.28. The van der Waals surface area contributed by atoms with E-state index in [2.05, 4.69) is 4.99 Å². The molecule has 44 valence electrons. The molecule has 0 spiro atoms. The Morgan fingerprint density at radius 2 is 2.50 bits per heavy atom. The van der Waals surface area contributed by atoms with E-state index in [0.717, 1.165) is 25.1 Å². The summed E-state index contributed by atoms with van der Waals surface area (Å²) in [6.07, 6.45) is 1.96. The van der Waals surface area contributed by atoms with Gasteiger partial charge in [0.25, 0.3) is 0 Å². The number of hydrogen-bond acceptors (Lipinski definition) is 2.